The summed E-state index contributed by atoms with van der Waals surface area (Å²) in [7, 11) is 0. The van der Waals surface area contributed by atoms with Crippen molar-refractivity contribution in [2.45, 2.75) is 13.0 Å². The van der Waals surface area contributed by atoms with Crippen LogP contribution in [0.15, 0.2) is 84.0 Å². The second-order valence-electron chi connectivity index (χ2n) is 7.77. The summed E-state index contributed by atoms with van der Waals surface area (Å²) in [4.78, 5) is 12.5. The van der Waals surface area contributed by atoms with Crippen molar-refractivity contribution in [3.63, 3.8) is 0 Å². The molecule has 0 saturated carbocycles. The molecule has 34 heavy (non-hydrogen) atoms. The zero-order chi connectivity index (χ0) is 23.3. The summed E-state index contributed by atoms with van der Waals surface area (Å²) < 4.78 is 16.8. The van der Waals surface area contributed by atoms with Crippen molar-refractivity contribution in [2.75, 3.05) is 6.79 Å². The Bertz CT molecular complexity index is 1370. The van der Waals surface area contributed by atoms with E-state index in [4.69, 9.17) is 25.8 Å². The molecule has 0 spiro atoms. The summed E-state index contributed by atoms with van der Waals surface area (Å²) in [5.74, 6) is 1.76. The molecule has 1 N–H and O–H groups in total. The van der Waals surface area contributed by atoms with Crippen LogP contribution in [0, 0.1) is 0 Å². The zero-order valence-electron chi connectivity index (χ0n) is 18.2. The van der Waals surface area contributed by atoms with Crippen LogP contribution >= 0.6 is 11.6 Å². The van der Waals surface area contributed by atoms with E-state index in [0.29, 0.717) is 28.9 Å². The molecule has 5 rings (SSSR count). The maximum Gasteiger partial charge on any atom is 0.244 e. The third-order valence-corrected chi connectivity index (χ3v) is 5.67. The molecular formula is C27H21ClN2O4. The lowest BCUT2D eigenvalue weighted by Crippen LogP contribution is -2.19. The molecule has 0 unspecified atom stereocenters. The van der Waals surface area contributed by atoms with Gasteiger partial charge in [0.25, 0.3) is 0 Å². The Balaban J connectivity index is 1.31. The van der Waals surface area contributed by atoms with Gasteiger partial charge in [-0.15, -0.1) is 0 Å². The molecule has 170 valence electrons. The highest BCUT2D eigenvalue weighted by atomic mass is 35.5. The fourth-order valence-corrected chi connectivity index (χ4v) is 3.85. The summed E-state index contributed by atoms with van der Waals surface area (Å²) in [6.07, 6.45) is 1.79. The maximum atomic E-state index is 12.5. The van der Waals surface area contributed by atoms with Gasteiger partial charge in [0.05, 0.1) is 12.6 Å². The van der Waals surface area contributed by atoms with E-state index in [1.165, 1.54) is 0 Å². The Morgan fingerprint density at radius 1 is 0.971 bits per heavy atom. The van der Waals surface area contributed by atoms with Gasteiger partial charge in [0.15, 0.2) is 11.5 Å². The van der Waals surface area contributed by atoms with E-state index in [-0.39, 0.29) is 19.1 Å². The number of nitrogens with zero attached hydrogens (tertiary/aromatic N) is 1. The predicted molar refractivity (Wildman–Crippen MR) is 132 cm³/mol. The van der Waals surface area contributed by atoms with Gasteiger partial charge in [0.1, 0.15) is 12.4 Å². The Morgan fingerprint density at radius 2 is 1.76 bits per heavy atom. The lowest BCUT2D eigenvalue weighted by atomic mass is 10.0. The quantitative estimate of drug-likeness (QED) is 0.285. The molecule has 1 aliphatic heterocycles. The van der Waals surface area contributed by atoms with Crippen LogP contribution in [0.3, 0.4) is 0 Å². The predicted octanol–water partition coefficient (Wildman–Crippen LogP) is 5.49. The zero-order valence-corrected chi connectivity index (χ0v) is 18.9. The Hall–Kier alpha value is -4.03. The smallest absolute Gasteiger partial charge is 0.244 e. The summed E-state index contributed by atoms with van der Waals surface area (Å²) in [6, 6.07) is 24.8. The van der Waals surface area contributed by atoms with Gasteiger partial charge in [-0.25, -0.2) is 5.43 Å². The number of rotatable bonds is 7. The Morgan fingerprint density at radius 3 is 2.65 bits per heavy atom. The second-order valence-corrected chi connectivity index (χ2v) is 8.21. The lowest BCUT2D eigenvalue weighted by molar-refractivity contribution is -0.120. The molecule has 1 heterocycles. The minimum absolute atomic E-state index is 0.170. The van der Waals surface area contributed by atoms with Crippen molar-refractivity contribution < 1.29 is 19.0 Å². The molecule has 4 aromatic carbocycles. The van der Waals surface area contributed by atoms with Gasteiger partial charge in [-0.1, -0.05) is 60.1 Å². The van der Waals surface area contributed by atoms with Crippen molar-refractivity contribution >= 4 is 34.5 Å². The van der Waals surface area contributed by atoms with Gasteiger partial charge in [0, 0.05) is 10.6 Å². The van der Waals surface area contributed by atoms with Crippen LogP contribution in [0.2, 0.25) is 5.02 Å². The average molecular weight is 473 g/mol. The number of amides is 1. The standard InChI is InChI=1S/C27H21ClN2O4/c28-21-9-5-18(6-10-21)16-32-24-12-8-20-3-1-2-4-22(20)23(24)15-29-30-27(31)14-19-7-11-25-26(13-19)34-17-33-25/h1-13,15H,14,16-17H2,(H,30,31)/b29-15+. The van der Waals surface area contributed by atoms with Gasteiger partial charge >= 0.3 is 0 Å². The molecule has 0 aromatic heterocycles. The molecule has 0 fully saturated rings. The molecule has 0 aliphatic carbocycles. The lowest BCUT2D eigenvalue weighted by Gasteiger charge is -2.12. The number of hydrogen-bond acceptors (Lipinski definition) is 5. The van der Waals surface area contributed by atoms with Crippen LogP contribution < -0.4 is 19.6 Å². The minimum atomic E-state index is -0.237. The normalized spacial score (nSPS) is 12.3. The van der Waals surface area contributed by atoms with Crippen molar-refractivity contribution in [3.8, 4) is 17.2 Å². The fraction of sp³-hybridized carbons (Fsp3) is 0.111. The first-order valence-corrected chi connectivity index (χ1v) is 11.1. The number of carbonyl (C=O) groups is 1. The summed E-state index contributed by atoms with van der Waals surface area (Å²) in [5, 5.41) is 6.92. The number of fused-ring (bicyclic) bond motifs is 2. The maximum absolute atomic E-state index is 12.5. The van der Waals surface area contributed by atoms with E-state index in [1.807, 2.05) is 66.7 Å². The number of nitrogens with one attached hydrogen (secondary N) is 1. The van der Waals surface area contributed by atoms with Gasteiger partial charge in [0.2, 0.25) is 12.7 Å². The first kappa shape index (κ1) is 21.8. The van der Waals surface area contributed by atoms with Crippen molar-refractivity contribution in [3.05, 3.63) is 101 Å². The number of hydrazone groups is 1. The first-order chi connectivity index (χ1) is 16.7. The number of halogens is 1. The Labute approximate surface area is 201 Å². The fourth-order valence-electron chi connectivity index (χ4n) is 3.72. The molecule has 1 aliphatic rings. The SMILES string of the molecule is O=C(Cc1ccc2c(c1)OCO2)N/N=C/c1c(OCc2ccc(Cl)cc2)ccc2ccccc12. The van der Waals surface area contributed by atoms with Crippen molar-refractivity contribution in [1.29, 1.82) is 0 Å². The van der Waals surface area contributed by atoms with Crippen LogP contribution in [0.5, 0.6) is 17.2 Å². The largest absolute Gasteiger partial charge is 0.488 e. The second kappa shape index (κ2) is 9.85. The van der Waals surface area contributed by atoms with E-state index >= 15 is 0 Å². The average Bonchev–Trinajstić information content (AvgIpc) is 3.32. The van der Waals surface area contributed by atoms with Crippen LogP contribution in [0.4, 0.5) is 0 Å². The molecule has 1 amide bonds. The molecule has 4 aromatic rings. The number of benzene rings is 4. The minimum Gasteiger partial charge on any atom is -0.488 e. The van der Waals surface area contributed by atoms with Crippen LogP contribution in [-0.4, -0.2) is 18.9 Å². The topological polar surface area (TPSA) is 69.2 Å². The first-order valence-electron chi connectivity index (χ1n) is 10.8. The van der Waals surface area contributed by atoms with E-state index in [1.54, 1.807) is 18.3 Å². The van der Waals surface area contributed by atoms with E-state index < -0.39 is 0 Å². The summed E-state index contributed by atoms with van der Waals surface area (Å²) >= 11 is 5.97. The highest BCUT2D eigenvalue weighted by molar-refractivity contribution is 6.30. The van der Waals surface area contributed by atoms with Crippen LogP contribution in [-0.2, 0) is 17.8 Å². The van der Waals surface area contributed by atoms with E-state index in [2.05, 4.69) is 10.5 Å². The third-order valence-electron chi connectivity index (χ3n) is 5.42. The molecule has 0 saturated heterocycles. The van der Waals surface area contributed by atoms with E-state index in [0.717, 1.165) is 27.5 Å². The van der Waals surface area contributed by atoms with Crippen LogP contribution in [0.25, 0.3) is 10.8 Å². The van der Waals surface area contributed by atoms with Crippen molar-refractivity contribution in [2.24, 2.45) is 5.10 Å². The third kappa shape index (κ3) is 4.97. The van der Waals surface area contributed by atoms with Gasteiger partial charge in [-0.3, -0.25) is 4.79 Å². The highest BCUT2D eigenvalue weighted by Crippen LogP contribution is 2.32. The molecule has 0 bridgehead atoms. The number of ether oxygens (including phenoxy) is 3. The van der Waals surface area contributed by atoms with Gasteiger partial charge in [-0.05, 0) is 52.2 Å². The van der Waals surface area contributed by atoms with Gasteiger partial charge in [-0.2, -0.15) is 5.10 Å². The number of carbonyl (C=O) groups excluding carboxylic acids is 1. The molecular weight excluding hydrogens is 452 g/mol. The monoisotopic (exact) mass is 472 g/mol. The van der Waals surface area contributed by atoms with Crippen molar-refractivity contribution in [1.82, 2.24) is 5.43 Å². The summed E-state index contributed by atoms with van der Waals surface area (Å²) in [6.45, 7) is 0.579. The molecule has 7 heteroatoms. The Kier molecular flexibility index (Phi) is 6.31. The molecule has 6 nitrogen and oxygen atoms in total. The molecule has 0 radical (unpaired) electrons. The van der Waals surface area contributed by atoms with Gasteiger partial charge < -0.3 is 14.2 Å². The van der Waals surface area contributed by atoms with E-state index in [9.17, 15) is 4.79 Å². The van der Waals surface area contributed by atoms with Crippen LogP contribution in [0.1, 0.15) is 16.7 Å². The summed E-state index contributed by atoms with van der Waals surface area (Å²) in [5.41, 5.74) is 5.21. The highest BCUT2D eigenvalue weighted by Gasteiger charge is 2.14. The molecule has 0 atom stereocenters. The number of hydrogen-bond donors (Lipinski definition) is 1.